The zero-order valence-corrected chi connectivity index (χ0v) is 12.2. The van der Waals surface area contributed by atoms with Crippen LogP contribution in [-0.4, -0.2) is 22.5 Å². The van der Waals surface area contributed by atoms with Crippen LogP contribution in [0.25, 0.3) is 21.7 Å². The number of thiophene rings is 1. The Kier molecular flexibility index (Phi) is 3.28. The maximum atomic E-state index is 11.7. The van der Waals surface area contributed by atoms with E-state index in [0.717, 1.165) is 28.3 Å². The van der Waals surface area contributed by atoms with Gasteiger partial charge in [0.1, 0.15) is 0 Å². The first-order valence-corrected chi connectivity index (χ1v) is 7.33. The number of hydrogen-bond donors (Lipinski definition) is 1. The summed E-state index contributed by atoms with van der Waals surface area (Å²) in [7, 11) is 1.64. The average molecular weight is 285 g/mol. The molecule has 102 valence electrons. The van der Waals surface area contributed by atoms with Gasteiger partial charge in [-0.3, -0.25) is 4.79 Å². The third kappa shape index (κ3) is 2.00. The maximum Gasteiger partial charge on any atom is 0.261 e. The molecule has 0 aliphatic carbocycles. The number of rotatable bonds is 3. The van der Waals surface area contributed by atoms with Crippen LogP contribution in [0.3, 0.4) is 0 Å². The smallest absolute Gasteiger partial charge is 0.261 e. The summed E-state index contributed by atoms with van der Waals surface area (Å²) in [5, 5.41) is 2.65. The van der Waals surface area contributed by atoms with E-state index < -0.39 is 0 Å². The van der Waals surface area contributed by atoms with Gasteiger partial charge in [-0.2, -0.15) is 0 Å². The van der Waals surface area contributed by atoms with Crippen LogP contribution in [0, 0.1) is 0 Å². The van der Waals surface area contributed by atoms with Crippen LogP contribution in [0.4, 0.5) is 0 Å². The van der Waals surface area contributed by atoms with Gasteiger partial charge < -0.3 is 9.88 Å². The number of aryl methyl sites for hydroxylation is 1. The summed E-state index contributed by atoms with van der Waals surface area (Å²) >= 11 is 1.47. The molecule has 0 unspecified atom stereocenters. The topological polar surface area (TPSA) is 46.9 Å². The predicted octanol–water partition coefficient (Wildman–Crippen LogP) is 3.14. The van der Waals surface area contributed by atoms with Crippen LogP contribution in [-0.2, 0) is 6.54 Å². The lowest BCUT2D eigenvalue weighted by Gasteiger charge is -2.03. The van der Waals surface area contributed by atoms with Crippen molar-refractivity contribution in [1.82, 2.24) is 14.9 Å². The van der Waals surface area contributed by atoms with Gasteiger partial charge >= 0.3 is 0 Å². The molecule has 0 saturated heterocycles. The fraction of sp³-hybridized carbons (Fsp3) is 0.200. The van der Waals surface area contributed by atoms with Crippen molar-refractivity contribution in [2.45, 2.75) is 13.5 Å². The van der Waals surface area contributed by atoms with Gasteiger partial charge in [0.25, 0.3) is 5.91 Å². The minimum Gasteiger partial charge on any atom is -0.354 e. The molecule has 2 aromatic heterocycles. The summed E-state index contributed by atoms with van der Waals surface area (Å²) in [6, 6.07) is 11.9. The molecule has 0 atom stereocenters. The van der Waals surface area contributed by atoms with E-state index in [1.165, 1.54) is 11.3 Å². The minimum atomic E-state index is -0.0552. The Morgan fingerprint density at radius 2 is 2.10 bits per heavy atom. The second-order valence-corrected chi connectivity index (χ2v) is 5.50. The predicted molar refractivity (Wildman–Crippen MR) is 82.1 cm³/mol. The normalized spacial score (nSPS) is 10.9. The highest BCUT2D eigenvalue weighted by Crippen LogP contribution is 2.30. The Balaban J connectivity index is 2.14. The van der Waals surface area contributed by atoms with Crippen molar-refractivity contribution in [2.75, 3.05) is 7.05 Å². The van der Waals surface area contributed by atoms with E-state index in [1.54, 1.807) is 7.05 Å². The molecule has 1 aromatic carbocycles. The number of nitrogens with zero attached hydrogens (tertiary/aromatic N) is 2. The van der Waals surface area contributed by atoms with Crippen molar-refractivity contribution in [3.05, 3.63) is 41.3 Å². The van der Waals surface area contributed by atoms with E-state index in [9.17, 15) is 4.79 Å². The molecule has 2 heterocycles. The highest BCUT2D eigenvalue weighted by molar-refractivity contribution is 7.17. The number of para-hydroxylation sites is 2. The number of aromatic nitrogens is 2. The molecule has 5 heteroatoms. The molecular weight excluding hydrogens is 270 g/mol. The molecule has 0 aliphatic heterocycles. The number of amides is 1. The van der Waals surface area contributed by atoms with Crippen molar-refractivity contribution in [1.29, 1.82) is 0 Å². The molecule has 4 nitrogen and oxygen atoms in total. The molecule has 1 N–H and O–H groups in total. The molecule has 0 fully saturated rings. The summed E-state index contributed by atoms with van der Waals surface area (Å²) in [6.07, 6.45) is 0. The lowest BCUT2D eigenvalue weighted by Crippen LogP contribution is -2.15. The molecule has 1 amide bonds. The van der Waals surface area contributed by atoms with Crippen molar-refractivity contribution < 1.29 is 4.79 Å². The quantitative estimate of drug-likeness (QED) is 0.803. The zero-order valence-electron chi connectivity index (χ0n) is 11.4. The van der Waals surface area contributed by atoms with Gasteiger partial charge in [0, 0.05) is 13.6 Å². The number of carbonyl (C=O) groups is 1. The molecule has 3 aromatic rings. The lowest BCUT2D eigenvalue weighted by atomic mass is 10.3. The van der Waals surface area contributed by atoms with E-state index in [0.29, 0.717) is 4.88 Å². The summed E-state index contributed by atoms with van der Waals surface area (Å²) in [5.41, 5.74) is 2.11. The number of hydrogen-bond acceptors (Lipinski definition) is 3. The van der Waals surface area contributed by atoms with Crippen LogP contribution in [0.1, 0.15) is 16.6 Å². The van der Waals surface area contributed by atoms with Gasteiger partial charge in [-0.05, 0) is 31.2 Å². The summed E-state index contributed by atoms with van der Waals surface area (Å²) in [5.74, 6) is 0.870. The highest BCUT2D eigenvalue weighted by atomic mass is 32.1. The second-order valence-electron chi connectivity index (χ2n) is 4.41. The van der Waals surface area contributed by atoms with Crippen LogP contribution >= 0.6 is 11.3 Å². The molecule has 3 rings (SSSR count). The molecule has 20 heavy (non-hydrogen) atoms. The molecule has 0 saturated carbocycles. The van der Waals surface area contributed by atoms with Crippen LogP contribution in [0.15, 0.2) is 36.4 Å². The summed E-state index contributed by atoms with van der Waals surface area (Å²) in [4.78, 5) is 18.1. The van der Waals surface area contributed by atoms with E-state index in [1.807, 2.05) is 30.3 Å². The number of nitrogens with one attached hydrogen (secondary N) is 1. The van der Waals surface area contributed by atoms with Crippen molar-refractivity contribution in [3.63, 3.8) is 0 Å². The average Bonchev–Trinajstić information content (AvgIpc) is 3.10. The monoisotopic (exact) mass is 285 g/mol. The fourth-order valence-corrected chi connectivity index (χ4v) is 3.24. The van der Waals surface area contributed by atoms with Gasteiger partial charge in [-0.25, -0.2) is 4.98 Å². The van der Waals surface area contributed by atoms with Crippen molar-refractivity contribution in [2.24, 2.45) is 0 Å². The van der Waals surface area contributed by atoms with E-state index in [4.69, 9.17) is 4.98 Å². The highest BCUT2D eigenvalue weighted by Gasteiger charge is 2.15. The summed E-state index contributed by atoms with van der Waals surface area (Å²) < 4.78 is 2.18. The molecule has 0 bridgehead atoms. The van der Waals surface area contributed by atoms with E-state index >= 15 is 0 Å². The van der Waals surface area contributed by atoms with E-state index in [2.05, 4.69) is 22.9 Å². The Labute approximate surface area is 121 Å². The molecule has 0 radical (unpaired) electrons. The van der Waals surface area contributed by atoms with Gasteiger partial charge in [-0.15, -0.1) is 11.3 Å². The Morgan fingerprint density at radius 3 is 2.85 bits per heavy atom. The molecule has 0 aliphatic rings. The van der Waals surface area contributed by atoms with Crippen molar-refractivity contribution in [3.8, 4) is 10.7 Å². The Morgan fingerprint density at radius 1 is 1.30 bits per heavy atom. The van der Waals surface area contributed by atoms with Gasteiger partial charge in [0.15, 0.2) is 5.82 Å². The maximum absolute atomic E-state index is 11.7. The van der Waals surface area contributed by atoms with Crippen LogP contribution in [0.2, 0.25) is 0 Å². The van der Waals surface area contributed by atoms with Gasteiger partial charge in [0.05, 0.1) is 20.8 Å². The van der Waals surface area contributed by atoms with Crippen LogP contribution < -0.4 is 5.32 Å². The third-order valence-corrected chi connectivity index (χ3v) is 4.33. The van der Waals surface area contributed by atoms with Crippen LogP contribution in [0.5, 0.6) is 0 Å². The minimum absolute atomic E-state index is 0.0552. The Hall–Kier alpha value is -2.14. The Bertz CT molecular complexity index is 772. The number of fused-ring (bicyclic) bond motifs is 1. The standard InChI is InChI=1S/C15H15N3OS/c1-3-18-11-7-5-4-6-10(11)17-14(18)12-8-9-13(20-12)15(19)16-2/h4-9H,3H2,1-2H3,(H,16,19). The molecule has 0 spiro atoms. The first-order chi connectivity index (χ1) is 9.74. The molecular formula is C15H15N3OS. The largest absolute Gasteiger partial charge is 0.354 e. The lowest BCUT2D eigenvalue weighted by molar-refractivity contribution is 0.0967. The number of carbonyl (C=O) groups excluding carboxylic acids is 1. The fourth-order valence-electron chi connectivity index (χ4n) is 2.29. The number of benzene rings is 1. The summed E-state index contributed by atoms with van der Waals surface area (Å²) in [6.45, 7) is 2.95. The second kappa shape index (κ2) is 5.09. The van der Waals surface area contributed by atoms with Gasteiger partial charge in [-0.1, -0.05) is 12.1 Å². The SMILES string of the molecule is CCn1c(-c2ccc(C(=O)NC)s2)nc2ccccc21. The van der Waals surface area contributed by atoms with Gasteiger partial charge in [0.2, 0.25) is 0 Å². The van der Waals surface area contributed by atoms with E-state index in [-0.39, 0.29) is 5.91 Å². The third-order valence-electron chi connectivity index (χ3n) is 3.25. The first kappa shape index (κ1) is 12.9. The van der Waals surface area contributed by atoms with Crippen molar-refractivity contribution >= 4 is 28.3 Å². The zero-order chi connectivity index (χ0) is 14.1. The number of imidazole rings is 1. The first-order valence-electron chi connectivity index (χ1n) is 6.52.